The summed E-state index contributed by atoms with van der Waals surface area (Å²) in [5, 5.41) is 2.90. The van der Waals surface area contributed by atoms with Crippen LogP contribution in [0, 0.1) is 13.8 Å². The van der Waals surface area contributed by atoms with Crippen molar-refractivity contribution in [3.8, 4) is 11.1 Å². The second-order valence-corrected chi connectivity index (χ2v) is 8.39. The van der Waals surface area contributed by atoms with Gasteiger partial charge in [0.1, 0.15) is 0 Å². The van der Waals surface area contributed by atoms with Gasteiger partial charge in [-0.25, -0.2) is 0 Å². The first-order valence-corrected chi connectivity index (χ1v) is 11.3. The van der Waals surface area contributed by atoms with Crippen LogP contribution >= 0.6 is 0 Å². The largest absolute Gasteiger partial charge is 0.447 e. The second kappa shape index (κ2) is 10.6. The van der Waals surface area contributed by atoms with Crippen molar-refractivity contribution in [3.63, 3.8) is 0 Å². The van der Waals surface area contributed by atoms with E-state index in [9.17, 15) is 9.59 Å². The molecule has 0 aromatic heterocycles. The maximum atomic E-state index is 13.1. The highest BCUT2D eigenvalue weighted by Crippen LogP contribution is 2.23. The number of benzene rings is 4. The van der Waals surface area contributed by atoms with Gasteiger partial charge >= 0.3 is 5.97 Å². The molecule has 4 rings (SSSR count). The Labute approximate surface area is 200 Å². The molecule has 0 heterocycles. The zero-order valence-electron chi connectivity index (χ0n) is 19.3. The Kier molecular flexibility index (Phi) is 7.19. The predicted molar refractivity (Wildman–Crippen MR) is 135 cm³/mol. The molecule has 0 saturated heterocycles. The quantitative estimate of drug-likeness (QED) is 0.331. The number of hydrogen-bond donors (Lipinski definition) is 1. The van der Waals surface area contributed by atoms with Gasteiger partial charge in [0.05, 0.1) is 6.42 Å². The summed E-state index contributed by atoms with van der Waals surface area (Å²) >= 11 is 0. The lowest BCUT2D eigenvalue weighted by atomic mass is 10.0. The summed E-state index contributed by atoms with van der Waals surface area (Å²) in [4.78, 5) is 26.0. The van der Waals surface area contributed by atoms with E-state index in [0.29, 0.717) is 11.3 Å². The summed E-state index contributed by atoms with van der Waals surface area (Å²) in [5.41, 5.74) is 6.40. The zero-order chi connectivity index (χ0) is 23.9. The van der Waals surface area contributed by atoms with Crippen LogP contribution in [0.3, 0.4) is 0 Å². The van der Waals surface area contributed by atoms with Gasteiger partial charge in [-0.1, -0.05) is 91.0 Å². The van der Waals surface area contributed by atoms with Gasteiger partial charge in [0.2, 0.25) is 6.10 Å². The summed E-state index contributed by atoms with van der Waals surface area (Å²) in [6.07, 6.45) is -0.965. The molecule has 0 aliphatic rings. The molecule has 4 heteroatoms. The molecule has 1 atom stereocenters. The third kappa shape index (κ3) is 5.99. The molecular formula is C30H27NO3. The molecule has 0 bridgehead atoms. The monoisotopic (exact) mass is 449 g/mol. The molecule has 0 fully saturated rings. The molecule has 1 unspecified atom stereocenters. The Bertz CT molecular complexity index is 1250. The number of rotatable bonds is 7. The van der Waals surface area contributed by atoms with Gasteiger partial charge in [-0.3, -0.25) is 9.59 Å². The van der Waals surface area contributed by atoms with Crippen molar-refractivity contribution in [2.75, 3.05) is 5.32 Å². The van der Waals surface area contributed by atoms with Crippen LogP contribution in [0.4, 0.5) is 5.69 Å². The fraction of sp³-hybridized carbons (Fsp3) is 0.133. The van der Waals surface area contributed by atoms with E-state index < -0.39 is 12.1 Å². The van der Waals surface area contributed by atoms with E-state index in [1.165, 1.54) is 0 Å². The lowest BCUT2D eigenvalue weighted by molar-refractivity contribution is -0.154. The fourth-order valence-electron chi connectivity index (χ4n) is 3.94. The van der Waals surface area contributed by atoms with Crippen LogP contribution in [0.2, 0.25) is 0 Å². The lowest BCUT2D eigenvalue weighted by Gasteiger charge is -2.18. The molecule has 1 amide bonds. The minimum Gasteiger partial charge on any atom is -0.447 e. The first-order chi connectivity index (χ1) is 16.5. The van der Waals surface area contributed by atoms with Gasteiger partial charge in [0, 0.05) is 11.3 Å². The molecule has 170 valence electrons. The first kappa shape index (κ1) is 23.0. The Hall–Kier alpha value is -4.18. The Morgan fingerprint density at radius 2 is 1.29 bits per heavy atom. The number of hydrogen-bond acceptors (Lipinski definition) is 3. The highest BCUT2D eigenvalue weighted by atomic mass is 16.5. The minimum atomic E-state index is -1.04. The lowest BCUT2D eigenvalue weighted by Crippen LogP contribution is -2.26. The summed E-state index contributed by atoms with van der Waals surface area (Å²) in [6, 6.07) is 32.7. The molecule has 34 heavy (non-hydrogen) atoms. The van der Waals surface area contributed by atoms with Crippen molar-refractivity contribution < 1.29 is 14.3 Å². The number of carbonyl (C=O) groups excluding carboxylic acids is 2. The van der Waals surface area contributed by atoms with E-state index >= 15 is 0 Å². The van der Waals surface area contributed by atoms with Gasteiger partial charge in [0.15, 0.2) is 0 Å². The van der Waals surface area contributed by atoms with Crippen LogP contribution in [0.1, 0.15) is 28.4 Å². The van der Waals surface area contributed by atoms with Gasteiger partial charge in [-0.15, -0.1) is 0 Å². The molecule has 0 aliphatic carbocycles. The summed E-state index contributed by atoms with van der Waals surface area (Å²) in [7, 11) is 0. The molecule has 0 saturated carbocycles. The minimum absolute atomic E-state index is 0.0786. The summed E-state index contributed by atoms with van der Waals surface area (Å²) < 4.78 is 5.70. The molecule has 0 aliphatic heterocycles. The first-order valence-electron chi connectivity index (χ1n) is 11.3. The van der Waals surface area contributed by atoms with Crippen LogP contribution in [0.5, 0.6) is 0 Å². The predicted octanol–water partition coefficient (Wildman–Crippen LogP) is 6.44. The average Bonchev–Trinajstić information content (AvgIpc) is 2.83. The topological polar surface area (TPSA) is 55.4 Å². The van der Waals surface area contributed by atoms with Crippen molar-refractivity contribution in [2.45, 2.75) is 26.4 Å². The van der Waals surface area contributed by atoms with Crippen LogP contribution in [-0.2, 0) is 20.7 Å². The maximum Gasteiger partial charge on any atom is 0.311 e. The van der Waals surface area contributed by atoms with Crippen LogP contribution in [0.25, 0.3) is 11.1 Å². The third-order valence-corrected chi connectivity index (χ3v) is 5.49. The van der Waals surface area contributed by atoms with Crippen LogP contribution < -0.4 is 5.32 Å². The Morgan fingerprint density at radius 1 is 0.735 bits per heavy atom. The van der Waals surface area contributed by atoms with E-state index in [1.54, 1.807) is 12.1 Å². The molecular weight excluding hydrogens is 422 g/mol. The highest BCUT2D eigenvalue weighted by molar-refractivity contribution is 5.96. The molecule has 4 aromatic carbocycles. The second-order valence-electron chi connectivity index (χ2n) is 8.39. The number of ether oxygens (including phenoxy) is 1. The molecule has 1 N–H and O–H groups in total. The highest BCUT2D eigenvalue weighted by Gasteiger charge is 2.25. The zero-order valence-corrected chi connectivity index (χ0v) is 19.3. The Morgan fingerprint density at radius 3 is 1.91 bits per heavy atom. The van der Waals surface area contributed by atoms with E-state index in [0.717, 1.165) is 27.8 Å². The fourth-order valence-corrected chi connectivity index (χ4v) is 3.94. The smallest absolute Gasteiger partial charge is 0.311 e. The van der Waals surface area contributed by atoms with E-state index in [1.807, 2.05) is 105 Å². The Balaban J connectivity index is 1.48. The molecule has 4 nitrogen and oxygen atoms in total. The number of aryl methyl sites for hydroxylation is 2. The van der Waals surface area contributed by atoms with Crippen molar-refractivity contribution in [1.29, 1.82) is 0 Å². The summed E-state index contributed by atoms with van der Waals surface area (Å²) in [6.45, 7) is 3.95. The van der Waals surface area contributed by atoms with Crippen molar-refractivity contribution >= 4 is 17.6 Å². The number of nitrogens with one attached hydrogen (secondary N) is 1. The molecule has 0 radical (unpaired) electrons. The van der Waals surface area contributed by atoms with Crippen molar-refractivity contribution in [3.05, 3.63) is 125 Å². The van der Waals surface area contributed by atoms with Crippen LogP contribution in [0.15, 0.2) is 103 Å². The maximum absolute atomic E-state index is 13.1. The average molecular weight is 450 g/mol. The van der Waals surface area contributed by atoms with E-state index in [4.69, 9.17) is 4.74 Å². The number of anilines is 1. The number of esters is 1. The van der Waals surface area contributed by atoms with E-state index in [2.05, 4.69) is 5.32 Å². The molecule has 0 spiro atoms. The van der Waals surface area contributed by atoms with Gasteiger partial charge in [-0.05, 0) is 53.8 Å². The SMILES string of the molecule is Cc1cc(C)cc(NC(=O)C(OC(=O)Cc2ccc(-c3ccccc3)cc2)c2ccccc2)c1. The number of amides is 1. The third-order valence-electron chi connectivity index (χ3n) is 5.49. The standard InChI is InChI=1S/C30H27NO3/c1-21-17-22(2)19-27(18-21)31-30(33)29(26-11-7-4-8-12-26)34-28(32)20-23-13-15-25(16-14-23)24-9-5-3-6-10-24/h3-19,29H,20H2,1-2H3,(H,31,33). The van der Waals surface area contributed by atoms with Crippen molar-refractivity contribution in [2.24, 2.45) is 0 Å². The normalized spacial score (nSPS) is 11.5. The molecule has 4 aromatic rings. The van der Waals surface area contributed by atoms with Gasteiger partial charge < -0.3 is 10.1 Å². The van der Waals surface area contributed by atoms with Crippen molar-refractivity contribution in [1.82, 2.24) is 0 Å². The number of carbonyl (C=O) groups is 2. The van der Waals surface area contributed by atoms with Gasteiger partial charge in [0.25, 0.3) is 5.91 Å². The van der Waals surface area contributed by atoms with Gasteiger partial charge in [-0.2, -0.15) is 0 Å². The summed E-state index contributed by atoms with van der Waals surface area (Å²) in [5.74, 6) is -0.846. The van der Waals surface area contributed by atoms with Crippen LogP contribution in [-0.4, -0.2) is 11.9 Å². The van der Waals surface area contributed by atoms with E-state index in [-0.39, 0.29) is 12.3 Å².